The number of H-pyrrole nitrogens is 1. The van der Waals surface area contributed by atoms with E-state index in [0.29, 0.717) is 16.5 Å². The van der Waals surface area contributed by atoms with Crippen LogP contribution in [0.15, 0.2) is 60.8 Å². The first-order valence-electron chi connectivity index (χ1n) is 27.8. The van der Waals surface area contributed by atoms with Crippen molar-refractivity contribution in [2.75, 3.05) is 13.1 Å². The summed E-state index contributed by atoms with van der Waals surface area (Å²) in [6.07, 6.45) is 0.299. The van der Waals surface area contributed by atoms with Gasteiger partial charge < -0.3 is 73.1 Å². The normalized spacial score (nSPS) is 14.4. The van der Waals surface area contributed by atoms with E-state index in [1.165, 1.54) is 13.8 Å². The minimum Gasteiger partial charge on any atom is -0.480 e. The summed E-state index contributed by atoms with van der Waals surface area (Å²) in [4.78, 5) is 163. The summed E-state index contributed by atoms with van der Waals surface area (Å²) in [5.41, 5.74) is 6.31. The molecule has 0 aliphatic rings. The first-order chi connectivity index (χ1) is 39.1. The molecule has 1 aromatic heterocycles. The molecule has 462 valence electrons. The fraction of sp³-hybridized carbons (Fsp3) is 0.552. The average Bonchev–Trinajstić information content (AvgIpc) is 3.90. The number of carbonyl (C=O) groups excluding carboxylic acids is 11. The van der Waals surface area contributed by atoms with E-state index < -0.39 is 156 Å². The molecule has 8 atom stereocenters. The van der Waals surface area contributed by atoms with Gasteiger partial charge in [0.15, 0.2) is 0 Å². The molecule has 0 saturated heterocycles. The quantitative estimate of drug-likeness (QED) is 0.0392. The van der Waals surface area contributed by atoms with E-state index in [-0.39, 0.29) is 38.0 Å². The smallest absolute Gasteiger partial charge is 0.322 e. The van der Waals surface area contributed by atoms with Gasteiger partial charge in [-0.05, 0) is 97.3 Å². The van der Waals surface area contributed by atoms with Crippen molar-refractivity contribution in [3.63, 3.8) is 0 Å². The molecule has 0 aliphatic carbocycles. The molecule has 13 N–H and O–H groups in total. The van der Waals surface area contributed by atoms with Gasteiger partial charge in [-0.1, -0.05) is 76.2 Å². The minimum absolute atomic E-state index is 0.00196. The Bertz CT molecular complexity index is 2810. The van der Waals surface area contributed by atoms with Gasteiger partial charge in [0, 0.05) is 36.4 Å². The number of ether oxygens (including phenoxy) is 2. The summed E-state index contributed by atoms with van der Waals surface area (Å²) >= 11 is 0. The Kier molecular flexibility index (Phi) is 27.0. The molecule has 9 amide bonds. The third kappa shape index (κ3) is 25.0. The van der Waals surface area contributed by atoms with Gasteiger partial charge in [0.05, 0.1) is 19.0 Å². The predicted octanol–water partition coefficient (Wildman–Crippen LogP) is 0.587. The largest absolute Gasteiger partial charge is 0.480 e. The lowest BCUT2D eigenvalue weighted by Gasteiger charge is -2.28. The molecule has 0 bridgehead atoms. The van der Waals surface area contributed by atoms with Crippen LogP contribution in [0.25, 0.3) is 10.9 Å². The highest BCUT2D eigenvalue weighted by molar-refractivity contribution is 5.99. The first kappa shape index (κ1) is 69.8. The van der Waals surface area contributed by atoms with Crippen LogP contribution in [0.1, 0.15) is 120 Å². The molecule has 26 heteroatoms. The van der Waals surface area contributed by atoms with E-state index in [1.807, 2.05) is 6.07 Å². The van der Waals surface area contributed by atoms with E-state index in [2.05, 4.69) is 52.8 Å². The number of carbonyl (C=O) groups is 12. The van der Waals surface area contributed by atoms with Gasteiger partial charge >= 0.3 is 17.9 Å². The molecule has 0 fully saturated rings. The molecule has 3 aromatic rings. The number of nitrogens with two attached hydrogens (primary N) is 1. The lowest BCUT2D eigenvalue weighted by atomic mass is 9.99. The van der Waals surface area contributed by atoms with E-state index in [0.717, 1.165) is 5.52 Å². The third-order valence-corrected chi connectivity index (χ3v) is 12.4. The van der Waals surface area contributed by atoms with Crippen LogP contribution in [0.4, 0.5) is 0 Å². The summed E-state index contributed by atoms with van der Waals surface area (Å²) in [6, 6.07) is 5.01. The summed E-state index contributed by atoms with van der Waals surface area (Å²) in [7, 11) is 0. The van der Waals surface area contributed by atoms with Crippen molar-refractivity contribution in [2.24, 2.45) is 17.6 Å². The second kappa shape index (κ2) is 32.4. The van der Waals surface area contributed by atoms with Gasteiger partial charge in [-0.2, -0.15) is 0 Å². The Morgan fingerprint density at radius 3 is 1.67 bits per heavy atom. The Morgan fingerprint density at radius 1 is 0.548 bits per heavy atom. The number of aromatic amines is 1. The highest BCUT2D eigenvalue weighted by atomic mass is 16.6. The number of benzene rings is 2. The maximum absolute atomic E-state index is 14.6. The van der Waals surface area contributed by atoms with E-state index in [4.69, 9.17) is 20.3 Å². The topological polar surface area (TPSA) is 394 Å². The highest BCUT2D eigenvalue weighted by Gasteiger charge is 2.36. The number of amides is 9. The Labute approximate surface area is 489 Å². The molecule has 84 heavy (non-hydrogen) atoms. The molecule has 0 unspecified atom stereocenters. The SMILES string of the molecule is CC(C)C[C@H](NC(=O)[C@H](Cc1c[nH]c2ccccc12)NC(=O)[C@H](C)NC(=O)[C@@H](NC(=O)[C@H](Cc1ccccc1)NC(=O)[C@@H](N)CC(=O)OC(C)(C)C)C(C)C)C(=O)N[C@@H](CCC(=O)OC(C)(C)C)C(=O)N[C@@H](C)C(=O)NCC(=O)NCC(=O)O. The number of carboxylic acids is 1. The molecule has 0 radical (unpaired) electrons. The number of aromatic nitrogens is 1. The molecule has 26 nitrogen and oxygen atoms in total. The van der Waals surface area contributed by atoms with Crippen LogP contribution < -0.4 is 53.6 Å². The summed E-state index contributed by atoms with van der Waals surface area (Å²) < 4.78 is 10.7. The molecule has 0 aliphatic heterocycles. The summed E-state index contributed by atoms with van der Waals surface area (Å²) in [5, 5.41) is 32.3. The van der Waals surface area contributed by atoms with Gasteiger partial charge in [-0.3, -0.25) is 57.5 Å². The van der Waals surface area contributed by atoms with Gasteiger partial charge in [0.2, 0.25) is 53.2 Å². The van der Waals surface area contributed by atoms with Crippen LogP contribution in [-0.4, -0.2) is 154 Å². The zero-order valence-corrected chi connectivity index (χ0v) is 49.9. The predicted molar refractivity (Wildman–Crippen MR) is 308 cm³/mol. The van der Waals surface area contributed by atoms with Crippen molar-refractivity contribution < 1.29 is 72.1 Å². The zero-order valence-electron chi connectivity index (χ0n) is 49.9. The van der Waals surface area contributed by atoms with Crippen molar-refractivity contribution >= 4 is 82.0 Å². The van der Waals surface area contributed by atoms with Gasteiger partial charge in [-0.15, -0.1) is 0 Å². The van der Waals surface area contributed by atoms with Gasteiger partial charge in [0.25, 0.3) is 0 Å². The van der Waals surface area contributed by atoms with Crippen LogP contribution in [0.3, 0.4) is 0 Å². The fourth-order valence-electron chi connectivity index (χ4n) is 8.28. The van der Waals surface area contributed by atoms with E-state index in [1.54, 1.807) is 124 Å². The second-order valence-corrected chi connectivity index (χ2v) is 23.2. The third-order valence-electron chi connectivity index (χ3n) is 12.4. The minimum atomic E-state index is -1.50. The summed E-state index contributed by atoms with van der Waals surface area (Å²) in [5.74, 6) is -11.1. The van der Waals surface area contributed by atoms with Crippen molar-refractivity contribution in [3.8, 4) is 0 Å². The number of rotatable bonds is 31. The van der Waals surface area contributed by atoms with Crippen LogP contribution in [0.2, 0.25) is 0 Å². The van der Waals surface area contributed by atoms with Crippen molar-refractivity contribution in [1.82, 2.24) is 52.8 Å². The van der Waals surface area contributed by atoms with Crippen LogP contribution in [-0.2, 0) is 79.8 Å². The van der Waals surface area contributed by atoms with Gasteiger partial charge in [0.1, 0.15) is 60.0 Å². The zero-order chi connectivity index (χ0) is 63.2. The highest BCUT2D eigenvalue weighted by Crippen LogP contribution is 2.20. The molecule has 0 spiro atoms. The van der Waals surface area contributed by atoms with Crippen LogP contribution >= 0.6 is 0 Å². The molecule has 1 heterocycles. The average molecular weight is 1180 g/mol. The number of esters is 2. The second-order valence-electron chi connectivity index (χ2n) is 23.2. The first-order valence-corrected chi connectivity index (χ1v) is 27.8. The molecule has 2 aromatic carbocycles. The molecule has 3 rings (SSSR count). The number of hydrogen-bond donors (Lipinski definition) is 12. The number of hydrogen-bond acceptors (Lipinski definition) is 15. The Balaban J connectivity index is 1.89. The molecule has 0 saturated carbocycles. The Morgan fingerprint density at radius 2 is 1.06 bits per heavy atom. The fourth-order valence-corrected chi connectivity index (χ4v) is 8.28. The lowest BCUT2D eigenvalue weighted by molar-refractivity contribution is -0.156. The van der Waals surface area contributed by atoms with Gasteiger partial charge in [-0.25, -0.2) is 0 Å². The van der Waals surface area contributed by atoms with Crippen LogP contribution in [0.5, 0.6) is 0 Å². The number of fused-ring (bicyclic) bond motifs is 1. The molecular weight excluding hydrogens is 1090 g/mol. The maximum Gasteiger partial charge on any atom is 0.322 e. The monoisotopic (exact) mass is 1180 g/mol. The number of nitrogens with one attached hydrogen (secondary N) is 10. The van der Waals surface area contributed by atoms with E-state index in [9.17, 15) is 57.5 Å². The van der Waals surface area contributed by atoms with E-state index >= 15 is 0 Å². The lowest BCUT2D eigenvalue weighted by Crippen LogP contribution is -2.61. The van der Waals surface area contributed by atoms with Crippen molar-refractivity contribution in [3.05, 3.63) is 71.9 Å². The Hall–Kier alpha value is -8.42. The maximum atomic E-state index is 14.6. The van der Waals surface area contributed by atoms with Crippen molar-refractivity contribution in [1.29, 1.82) is 0 Å². The van der Waals surface area contributed by atoms with Crippen molar-refractivity contribution in [2.45, 2.75) is 181 Å². The number of carboxylic acid groups (broad SMARTS) is 1. The standard InChI is InChI=1S/C58H85N11O15/c1-31(2)24-41(53(79)65-40(22-23-46(73)83-57(7,8)9)52(78)63-33(5)49(75)62-29-44(70)61-30-45(71)72)68-54(80)43(26-36-28-60-39-21-17-16-20-37(36)39)66-50(76)34(6)64-56(82)48(32(3)4)69-55(81)42(25-35-18-14-13-15-19-35)67-51(77)38(59)27-47(74)84-58(10,11)12/h13-21,28,31-34,38,40-43,48,60H,22-27,29-30,59H2,1-12H3,(H,61,70)(H,62,75)(H,63,78)(H,64,82)(H,65,79)(H,66,76)(H,67,77)(H,68,80)(H,69,81)(H,71,72)/t33-,34-,38-,40-,41-,42-,43-,48-/m0/s1. The van der Waals surface area contributed by atoms with Crippen LogP contribution in [0, 0.1) is 11.8 Å². The number of aliphatic carboxylic acids is 1. The number of para-hydroxylation sites is 1. The summed E-state index contributed by atoms with van der Waals surface area (Å²) in [6.45, 7) is 18.1. The molecular formula is C58H85N11O15.